The highest BCUT2D eigenvalue weighted by Gasteiger charge is 2.61. The van der Waals surface area contributed by atoms with E-state index in [2.05, 4.69) is 15.4 Å². The van der Waals surface area contributed by atoms with Crippen molar-refractivity contribution >= 4 is 5.91 Å². The number of rotatable bonds is 6. The van der Waals surface area contributed by atoms with E-state index in [9.17, 15) is 26.7 Å². The van der Waals surface area contributed by atoms with Crippen LogP contribution in [-0.4, -0.2) is 51.4 Å². The van der Waals surface area contributed by atoms with Gasteiger partial charge in [0.25, 0.3) is 6.43 Å². The Hall–Kier alpha value is -0.960. The van der Waals surface area contributed by atoms with Crippen molar-refractivity contribution in [3.8, 4) is 0 Å². The predicted molar refractivity (Wildman–Crippen MR) is 55.8 cm³/mol. The van der Waals surface area contributed by atoms with Gasteiger partial charge in [0.05, 0.1) is 6.61 Å². The third-order valence-electron chi connectivity index (χ3n) is 2.91. The molecule has 1 rings (SSSR count). The fourth-order valence-electron chi connectivity index (χ4n) is 1.83. The number of halogens is 5. The number of hydrogen-bond acceptors (Lipinski definition) is 3. The first-order chi connectivity index (χ1) is 8.79. The van der Waals surface area contributed by atoms with E-state index in [1.54, 1.807) is 0 Å². The molecule has 1 unspecified atom stereocenters. The summed E-state index contributed by atoms with van der Waals surface area (Å²) in [5.74, 6) is -1.15. The van der Waals surface area contributed by atoms with Crippen molar-refractivity contribution in [2.45, 2.75) is 19.0 Å². The lowest BCUT2D eigenvalue weighted by Gasteiger charge is -2.29. The van der Waals surface area contributed by atoms with Crippen LogP contribution in [0.5, 0.6) is 0 Å². The number of carbonyl (C=O) groups is 1. The number of nitrogens with one attached hydrogen (secondary N) is 2. The van der Waals surface area contributed by atoms with Crippen LogP contribution in [0, 0.1) is 5.41 Å². The normalized spacial score (nSPS) is 23.9. The molecule has 112 valence electrons. The van der Waals surface area contributed by atoms with Crippen LogP contribution in [-0.2, 0) is 9.53 Å². The Kier molecular flexibility index (Phi) is 5.48. The van der Waals surface area contributed by atoms with Gasteiger partial charge in [-0.25, -0.2) is 8.78 Å². The average Bonchev–Trinajstić information content (AvgIpc) is 2.77. The molecule has 19 heavy (non-hydrogen) atoms. The van der Waals surface area contributed by atoms with E-state index in [4.69, 9.17) is 0 Å². The highest BCUT2D eigenvalue weighted by Crippen LogP contribution is 2.43. The molecule has 0 aromatic rings. The van der Waals surface area contributed by atoms with Gasteiger partial charge in [-0.2, -0.15) is 13.2 Å². The van der Waals surface area contributed by atoms with Crippen LogP contribution >= 0.6 is 0 Å². The quantitative estimate of drug-likeness (QED) is 0.565. The van der Waals surface area contributed by atoms with E-state index in [0.29, 0.717) is 0 Å². The summed E-state index contributed by atoms with van der Waals surface area (Å²) >= 11 is 0. The molecule has 0 saturated carbocycles. The van der Waals surface area contributed by atoms with Crippen LogP contribution in [0.1, 0.15) is 6.42 Å². The second-order valence-corrected chi connectivity index (χ2v) is 4.23. The molecule has 9 heteroatoms. The molecule has 1 aliphatic rings. The SMILES string of the molecule is O=C(NCCOCC(F)F)C1(C(F)(F)F)CCNC1. The summed E-state index contributed by atoms with van der Waals surface area (Å²) in [5, 5.41) is 4.58. The Morgan fingerprint density at radius 3 is 2.58 bits per heavy atom. The first-order valence-electron chi connectivity index (χ1n) is 5.71. The van der Waals surface area contributed by atoms with Crippen molar-refractivity contribution in [2.75, 3.05) is 32.8 Å². The van der Waals surface area contributed by atoms with E-state index in [1.165, 1.54) is 0 Å². The molecule has 1 amide bonds. The van der Waals surface area contributed by atoms with Gasteiger partial charge in [0.15, 0.2) is 5.41 Å². The summed E-state index contributed by atoms with van der Waals surface area (Å²) in [7, 11) is 0. The Labute approximate surface area is 106 Å². The first-order valence-corrected chi connectivity index (χ1v) is 5.71. The molecule has 0 aromatic carbocycles. The first kappa shape index (κ1) is 16.1. The van der Waals surface area contributed by atoms with Gasteiger partial charge in [0, 0.05) is 13.1 Å². The molecule has 0 radical (unpaired) electrons. The number of amides is 1. The zero-order valence-corrected chi connectivity index (χ0v) is 10.0. The molecular formula is C10H15F5N2O2. The Morgan fingerprint density at radius 1 is 1.42 bits per heavy atom. The van der Waals surface area contributed by atoms with E-state index in [0.717, 1.165) is 0 Å². The monoisotopic (exact) mass is 290 g/mol. The standard InChI is InChI=1S/C10H15F5N2O2/c11-7(12)5-19-4-3-17-8(18)9(10(13,14)15)1-2-16-6-9/h7,16H,1-6H2,(H,17,18). The van der Waals surface area contributed by atoms with Crippen LogP contribution < -0.4 is 10.6 Å². The topological polar surface area (TPSA) is 50.4 Å². The molecule has 1 aliphatic heterocycles. The minimum Gasteiger partial charge on any atom is -0.374 e. The molecule has 0 bridgehead atoms. The maximum atomic E-state index is 12.9. The van der Waals surface area contributed by atoms with Gasteiger partial charge in [-0.15, -0.1) is 0 Å². The van der Waals surface area contributed by atoms with Gasteiger partial charge < -0.3 is 15.4 Å². The largest absolute Gasteiger partial charge is 0.404 e. The molecule has 2 N–H and O–H groups in total. The number of hydrogen-bond donors (Lipinski definition) is 2. The Morgan fingerprint density at radius 2 is 2.11 bits per heavy atom. The summed E-state index contributed by atoms with van der Waals surface area (Å²) in [6.45, 7) is -1.66. The fourth-order valence-corrected chi connectivity index (χ4v) is 1.83. The van der Waals surface area contributed by atoms with Crippen LogP contribution in [0.15, 0.2) is 0 Å². The van der Waals surface area contributed by atoms with Gasteiger partial charge >= 0.3 is 6.18 Å². The second kappa shape index (κ2) is 6.47. The molecule has 1 saturated heterocycles. The summed E-state index contributed by atoms with van der Waals surface area (Å²) in [4.78, 5) is 11.6. The molecule has 1 fully saturated rings. The van der Waals surface area contributed by atoms with Crippen LogP contribution in [0.25, 0.3) is 0 Å². The van der Waals surface area contributed by atoms with Crippen molar-refractivity contribution in [2.24, 2.45) is 5.41 Å². The van der Waals surface area contributed by atoms with Crippen molar-refractivity contribution in [1.82, 2.24) is 10.6 Å². The zero-order chi connectivity index (χ0) is 14.5. The van der Waals surface area contributed by atoms with Gasteiger partial charge in [-0.3, -0.25) is 4.79 Å². The average molecular weight is 290 g/mol. The van der Waals surface area contributed by atoms with Crippen LogP contribution in [0.3, 0.4) is 0 Å². The third-order valence-corrected chi connectivity index (χ3v) is 2.91. The fraction of sp³-hybridized carbons (Fsp3) is 0.900. The molecule has 0 aromatic heterocycles. The number of ether oxygens (including phenoxy) is 1. The van der Waals surface area contributed by atoms with Crippen molar-refractivity contribution in [1.29, 1.82) is 0 Å². The minimum atomic E-state index is -4.65. The van der Waals surface area contributed by atoms with E-state index in [1.807, 2.05) is 0 Å². The maximum absolute atomic E-state index is 12.9. The van der Waals surface area contributed by atoms with Crippen LogP contribution in [0.4, 0.5) is 22.0 Å². The van der Waals surface area contributed by atoms with E-state index in [-0.39, 0.29) is 26.1 Å². The lowest BCUT2D eigenvalue weighted by Crippen LogP contribution is -2.52. The highest BCUT2D eigenvalue weighted by atomic mass is 19.4. The van der Waals surface area contributed by atoms with Gasteiger partial charge in [0.2, 0.25) is 5.91 Å². The van der Waals surface area contributed by atoms with Crippen molar-refractivity contribution in [3.05, 3.63) is 0 Å². The maximum Gasteiger partial charge on any atom is 0.404 e. The van der Waals surface area contributed by atoms with Crippen molar-refractivity contribution < 1.29 is 31.5 Å². The molecule has 0 aliphatic carbocycles. The summed E-state index contributed by atoms with van der Waals surface area (Å²) in [5.41, 5.74) is -2.43. The molecule has 1 heterocycles. The third kappa shape index (κ3) is 4.00. The van der Waals surface area contributed by atoms with E-state index >= 15 is 0 Å². The predicted octanol–water partition coefficient (Wildman–Crippen LogP) is 0.926. The Balaban J connectivity index is 2.42. The second-order valence-electron chi connectivity index (χ2n) is 4.23. The lowest BCUT2D eigenvalue weighted by molar-refractivity contribution is -0.216. The van der Waals surface area contributed by atoms with Gasteiger partial charge in [0.1, 0.15) is 6.61 Å². The van der Waals surface area contributed by atoms with Crippen molar-refractivity contribution in [3.63, 3.8) is 0 Å². The molecule has 0 spiro atoms. The van der Waals surface area contributed by atoms with Crippen LogP contribution in [0.2, 0.25) is 0 Å². The van der Waals surface area contributed by atoms with E-state index < -0.39 is 37.1 Å². The van der Waals surface area contributed by atoms with Gasteiger partial charge in [-0.1, -0.05) is 0 Å². The zero-order valence-electron chi connectivity index (χ0n) is 10.0. The smallest absolute Gasteiger partial charge is 0.374 e. The lowest BCUT2D eigenvalue weighted by atomic mass is 9.85. The summed E-state index contributed by atoms with van der Waals surface area (Å²) in [6, 6.07) is 0. The summed E-state index contributed by atoms with van der Waals surface area (Å²) < 4.78 is 66.6. The number of alkyl halides is 5. The minimum absolute atomic E-state index is 0.106. The van der Waals surface area contributed by atoms with Gasteiger partial charge in [-0.05, 0) is 13.0 Å². The number of carbonyl (C=O) groups excluding carboxylic acids is 1. The highest BCUT2D eigenvalue weighted by molar-refractivity contribution is 5.84. The Bertz CT molecular complexity index is 303. The molecule has 1 atom stereocenters. The molecule has 4 nitrogen and oxygen atoms in total. The summed E-state index contributed by atoms with van der Waals surface area (Å²) in [6.07, 6.45) is -7.62. The molecular weight excluding hydrogens is 275 g/mol.